The summed E-state index contributed by atoms with van der Waals surface area (Å²) in [7, 11) is 0. The Labute approximate surface area is 200 Å². The zero-order valence-corrected chi connectivity index (χ0v) is 19.6. The van der Waals surface area contributed by atoms with Crippen molar-refractivity contribution in [2.75, 3.05) is 0 Å². The molecule has 3 aromatic heterocycles. The number of nitrogens with zero attached hydrogens (tertiary/aromatic N) is 2. The van der Waals surface area contributed by atoms with Crippen molar-refractivity contribution in [1.82, 2.24) is 9.55 Å². The maximum atomic E-state index is 13.2. The topological polar surface area (TPSA) is 52.0 Å². The van der Waals surface area contributed by atoms with Gasteiger partial charge in [0.25, 0.3) is 0 Å². The third-order valence-corrected chi connectivity index (χ3v) is 8.55. The Morgan fingerprint density at radius 3 is 2.18 bits per heavy atom. The van der Waals surface area contributed by atoms with E-state index < -0.39 is 0 Å². The molecule has 4 nitrogen and oxygen atoms in total. The monoisotopic (exact) mass is 504 g/mol. The van der Waals surface area contributed by atoms with Crippen molar-refractivity contribution < 1.29 is 9.59 Å². The van der Waals surface area contributed by atoms with Gasteiger partial charge in [-0.1, -0.05) is 0 Å². The van der Waals surface area contributed by atoms with Crippen LogP contribution in [-0.2, 0) is 0 Å². The Morgan fingerprint density at radius 2 is 1.41 bits per heavy atom. The molecule has 6 aromatic rings. The molecule has 0 amide bonds. The van der Waals surface area contributed by atoms with Crippen LogP contribution in [0.15, 0.2) is 96.7 Å². The van der Waals surface area contributed by atoms with Gasteiger partial charge in [0, 0.05) is 0 Å². The van der Waals surface area contributed by atoms with Crippen molar-refractivity contribution >= 4 is 64.9 Å². The summed E-state index contributed by atoms with van der Waals surface area (Å²) in [5, 5.41) is 4.22. The van der Waals surface area contributed by atoms with Gasteiger partial charge in [-0.15, -0.1) is 0 Å². The molecule has 5 heteroatoms. The number of carbonyl (C=O) groups excluding carboxylic acids is 2. The van der Waals surface area contributed by atoms with Gasteiger partial charge in [0.05, 0.1) is 0 Å². The van der Waals surface area contributed by atoms with Crippen LogP contribution in [0.2, 0.25) is 0 Å². The predicted octanol–water partition coefficient (Wildman–Crippen LogP) is 5.85. The first-order valence-electron chi connectivity index (χ1n) is 11.0. The number of pyridine rings is 1. The fraction of sp³-hybridized carbons (Fsp3) is 0. The molecule has 7 rings (SSSR count). The molecule has 1 aliphatic carbocycles. The van der Waals surface area contributed by atoms with E-state index in [1.54, 1.807) is 6.08 Å². The Balaban J connectivity index is 1.34. The first-order chi connectivity index (χ1) is 16.7. The van der Waals surface area contributed by atoms with E-state index in [0.717, 1.165) is 41.7 Å². The van der Waals surface area contributed by atoms with E-state index in [2.05, 4.69) is 33.8 Å². The normalized spacial score (nSPS) is 13.4. The quantitative estimate of drug-likeness (QED) is 0.169. The Kier molecular flexibility index (Phi) is 4.13. The number of para-hydroxylation sites is 1. The van der Waals surface area contributed by atoms with E-state index in [9.17, 15) is 9.59 Å². The van der Waals surface area contributed by atoms with Crippen molar-refractivity contribution in [2.45, 2.75) is 0 Å². The molecule has 0 aliphatic heterocycles. The molecule has 0 saturated heterocycles. The van der Waals surface area contributed by atoms with Crippen molar-refractivity contribution in [3.8, 4) is 4.56 Å². The SMILES string of the molecule is O=C1C(=Cc2ccc(-n3c4ccccc4c4cccnc43)[se]2)C(=O)c2cc3ccccc3cc21. The van der Waals surface area contributed by atoms with Crippen molar-refractivity contribution in [1.29, 1.82) is 0 Å². The Hall–Kier alpha value is -4.05. The summed E-state index contributed by atoms with van der Waals surface area (Å²) < 4.78 is 4.33. The fourth-order valence-corrected chi connectivity index (χ4v) is 6.87. The van der Waals surface area contributed by atoms with Gasteiger partial charge in [-0.05, 0) is 0 Å². The summed E-state index contributed by atoms with van der Waals surface area (Å²) in [6.07, 6.45) is 3.60. The zero-order chi connectivity index (χ0) is 22.8. The Bertz CT molecular complexity index is 1750. The van der Waals surface area contributed by atoms with Crippen LogP contribution in [0.4, 0.5) is 0 Å². The molecule has 1 aliphatic rings. The van der Waals surface area contributed by atoms with E-state index >= 15 is 0 Å². The van der Waals surface area contributed by atoms with Crippen LogP contribution in [0, 0.1) is 0 Å². The summed E-state index contributed by atoms with van der Waals surface area (Å²) >= 11 is -0.0701. The van der Waals surface area contributed by atoms with Crippen LogP contribution in [0.25, 0.3) is 43.3 Å². The standard InChI is InChI=1S/C29H16N2O2Se/c32-27-22-14-17-6-1-2-7-18(17)15-23(22)28(33)24(27)16-19-11-12-26(34-19)31-25-10-4-3-8-20(25)21-9-5-13-30-29(21)31/h1-16H. The molecule has 0 bridgehead atoms. The molecule has 0 atom stereocenters. The van der Waals surface area contributed by atoms with Crippen LogP contribution < -0.4 is 0 Å². The van der Waals surface area contributed by atoms with Crippen LogP contribution in [0.1, 0.15) is 25.2 Å². The predicted molar refractivity (Wildman–Crippen MR) is 136 cm³/mol. The Morgan fingerprint density at radius 1 is 0.735 bits per heavy atom. The molecule has 0 fully saturated rings. The molecule has 3 aromatic carbocycles. The second-order valence-corrected chi connectivity index (χ2v) is 10.7. The molecule has 34 heavy (non-hydrogen) atoms. The number of hydrogen-bond acceptors (Lipinski definition) is 3. The van der Waals surface area contributed by atoms with Gasteiger partial charge >= 0.3 is 201 Å². The van der Waals surface area contributed by atoms with Gasteiger partial charge in [-0.25, -0.2) is 0 Å². The maximum absolute atomic E-state index is 13.2. The van der Waals surface area contributed by atoms with Crippen molar-refractivity contribution in [3.05, 3.63) is 112 Å². The van der Waals surface area contributed by atoms with Gasteiger partial charge in [-0.2, -0.15) is 0 Å². The minimum atomic E-state index is -0.186. The van der Waals surface area contributed by atoms with Crippen LogP contribution in [-0.4, -0.2) is 35.6 Å². The van der Waals surface area contributed by atoms with E-state index in [1.807, 2.05) is 66.9 Å². The van der Waals surface area contributed by atoms with Crippen LogP contribution in [0.3, 0.4) is 0 Å². The zero-order valence-electron chi connectivity index (χ0n) is 17.9. The number of ketones is 2. The van der Waals surface area contributed by atoms with Crippen LogP contribution in [0.5, 0.6) is 0 Å². The molecular weight excluding hydrogens is 487 g/mol. The molecule has 0 unspecified atom stereocenters. The fourth-order valence-electron chi connectivity index (χ4n) is 4.84. The van der Waals surface area contributed by atoms with E-state index in [1.165, 1.54) is 0 Å². The van der Waals surface area contributed by atoms with Crippen molar-refractivity contribution in [2.24, 2.45) is 0 Å². The van der Waals surface area contributed by atoms with E-state index in [4.69, 9.17) is 0 Å². The summed E-state index contributed by atoms with van der Waals surface area (Å²) in [5.74, 6) is -0.371. The van der Waals surface area contributed by atoms with E-state index in [-0.39, 0.29) is 31.6 Å². The summed E-state index contributed by atoms with van der Waals surface area (Å²) in [6, 6.07) is 27.9. The third kappa shape index (κ3) is 2.75. The number of Topliss-reactive ketones (excluding diaryl/α,β-unsaturated/α-hetero) is 2. The summed E-state index contributed by atoms with van der Waals surface area (Å²) in [5.41, 5.74) is 3.29. The summed E-state index contributed by atoms with van der Waals surface area (Å²) in [4.78, 5) is 31.0. The van der Waals surface area contributed by atoms with Gasteiger partial charge in [0.1, 0.15) is 0 Å². The number of benzene rings is 3. The molecule has 0 radical (unpaired) electrons. The minimum absolute atomic E-state index is 0.0701. The number of aromatic nitrogens is 2. The molecule has 0 spiro atoms. The van der Waals surface area contributed by atoms with Gasteiger partial charge in [0.2, 0.25) is 0 Å². The third-order valence-electron chi connectivity index (χ3n) is 6.42. The molecular formula is C29H16N2O2Se. The average Bonchev–Trinajstić information content (AvgIpc) is 3.53. The molecule has 0 N–H and O–H groups in total. The van der Waals surface area contributed by atoms with Gasteiger partial charge < -0.3 is 0 Å². The number of carbonyl (C=O) groups is 2. The second kappa shape index (κ2) is 7.22. The molecule has 3 heterocycles. The van der Waals surface area contributed by atoms with E-state index in [0.29, 0.717) is 11.1 Å². The van der Waals surface area contributed by atoms with Gasteiger partial charge in [-0.3, -0.25) is 0 Å². The van der Waals surface area contributed by atoms with Gasteiger partial charge in [0.15, 0.2) is 0 Å². The van der Waals surface area contributed by atoms with Crippen molar-refractivity contribution in [3.63, 3.8) is 0 Å². The average molecular weight is 503 g/mol. The second-order valence-electron chi connectivity index (χ2n) is 8.36. The first kappa shape index (κ1) is 19.4. The van der Waals surface area contributed by atoms with Crippen LogP contribution >= 0.6 is 0 Å². The summed E-state index contributed by atoms with van der Waals surface area (Å²) in [6.45, 7) is 0. The molecule has 160 valence electrons. The number of fused-ring (bicyclic) bond motifs is 5. The number of allylic oxidation sites excluding steroid dienone is 1. The number of hydrogen-bond donors (Lipinski definition) is 0. The number of rotatable bonds is 2. The first-order valence-corrected chi connectivity index (χ1v) is 12.7. The molecule has 0 saturated carbocycles.